The van der Waals surface area contributed by atoms with E-state index in [1.54, 1.807) is 24.3 Å². The number of halogens is 1. The molecule has 1 aromatic heterocycles. The standard InChI is InChI=1S/C18H23ClN4O4S2/c19-15-10-5-4-9-14(15)16(24)21-17-22-23-18(28-17)29(25,26)20-11-6-12-27-13-7-2-1-3-8-13/h4-5,9-10,13,20H,1-3,6-8,11-12H2,(H,21,22,24). The minimum atomic E-state index is -3.79. The first kappa shape index (κ1) is 22.1. The van der Waals surface area contributed by atoms with Crippen molar-refractivity contribution in [2.24, 2.45) is 0 Å². The van der Waals surface area contributed by atoms with Gasteiger partial charge >= 0.3 is 0 Å². The predicted octanol–water partition coefficient (Wildman–Crippen LogP) is 3.46. The molecule has 1 amide bonds. The van der Waals surface area contributed by atoms with Gasteiger partial charge in [0.15, 0.2) is 0 Å². The lowest BCUT2D eigenvalue weighted by molar-refractivity contribution is 0.0278. The van der Waals surface area contributed by atoms with E-state index in [1.807, 2.05) is 0 Å². The Labute approximate surface area is 179 Å². The Bertz CT molecular complexity index is 929. The number of nitrogens with one attached hydrogen (secondary N) is 2. The smallest absolute Gasteiger partial charge is 0.269 e. The van der Waals surface area contributed by atoms with E-state index in [1.165, 1.54) is 19.3 Å². The van der Waals surface area contributed by atoms with Crippen LogP contribution in [0.4, 0.5) is 5.13 Å². The predicted molar refractivity (Wildman–Crippen MR) is 112 cm³/mol. The first-order valence-corrected chi connectivity index (χ1v) is 12.1. The minimum absolute atomic E-state index is 0.0796. The minimum Gasteiger partial charge on any atom is -0.378 e. The third-order valence-electron chi connectivity index (χ3n) is 4.49. The molecule has 1 aliphatic carbocycles. The van der Waals surface area contributed by atoms with Crippen molar-refractivity contribution >= 4 is 44.0 Å². The van der Waals surface area contributed by atoms with Gasteiger partial charge in [0.25, 0.3) is 15.9 Å². The number of sulfonamides is 1. The van der Waals surface area contributed by atoms with Crippen LogP contribution in [-0.2, 0) is 14.8 Å². The van der Waals surface area contributed by atoms with Crippen LogP contribution < -0.4 is 10.0 Å². The van der Waals surface area contributed by atoms with Crippen LogP contribution in [0.3, 0.4) is 0 Å². The molecule has 1 aliphatic rings. The number of aromatic nitrogens is 2. The molecule has 0 unspecified atom stereocenters. The van der Waals surface area contributed by atoms with Crippen LogP contribution in [0.25, 0.3) is 0 Å². The van der Waals surface area contributed by atoms with E-state index in [0.717, 1.165) is 24.2 Å². The normalized spacial score (nSPS) is 15.3. The Morgan fingerprint density at radius 3 is 2.72 bits per heavy atom. The second kappa shape index (κ2) is 10.4. The third-order valence-corrected chi connectivity index (χ3v) is 7.49. The van der Waals surface area contributed by atoms with Crippen molar-refractivity contribution in [2.45, 2.75) is 49.0 Å². The lowest BCUT2D eigenvalue weighted by Gasteiger charge is -2.21. The van der Waals surface area contributed by atoms with Gasteiger partial charge in [-0.2, -0.15) is 0 Å². The number of carbonyl (C=O) groups is 1. The van der Waals surface area contributed by atoms with E-state index < -0.39 is 15.9 Å². The molecule has 0 saturated heterocycles. The van der Waals surface area contributed by atoms with E-state index in [9.17, 15) is 13.2 Å². The number of benzene rings is 1. The molecule has 0 atom stereocenters. The summed E-state index contributed by atoms with van der Waals surface area (Å²) in [5.41, 5.74) is 0.268. The number of carbonyl (C=O) groups excluding carboxylic acids is 1. The van der Waals surface area contributed by atoms with Crippen LogP contribution >= 0.6 is 22.9 Å². The van der Waals surface area contributed by atoms with E-state index in [4.69, 9.17) is 16.3 Å². The summed E-state index contributed by atoms with van der Waals surface area (Å²) in [5, 5.41) is 10.3. The highest BCUT2D eigenvalue weighted by molar-refractivity contribution is 7.91. The fourth-order valence-electron chi connectivity index (χ4n) is 3.00. The zero-order chi connectivity index (χ0) is 20.7. The van der Waals surface area contributed by atoms with Gasteiger partial charge in [0.1, 0.15) is 0 Å². The topological polar surface area (TPSA) is 110 Å². The summed E-state index contributed by atoms with van der Waals surface area (Å²) in [6.45, 7) is 0.762. The average molecular weight is 459 g/mol. The van der Waals surface area contributed by atoms with Gasteiger partial charge in [0.05, 0.1) is 16.7 Å². The van der Waals surface area contributed by atoms with Crippen molar-refractivity contribution in [1.82, 2.24) is 14.9 Å². The molecule has 158 valence electrons. The number of nitrogens with zero attached hydrogens (tertiary/aromatic N) is 2. The maximum absolute atomic E-state index is 12.3. The summed E-state index contributed by atoms with van der Waals surface area (Å²) in [6, 6.07) is 6.54. The summed E-state index contributed by atoms with van der Waals surface area (Å²) in [7, 11) is -3.79. The number of amides is 1. The highest BCUT2D eigenvalue weighted by Gasteiger charge is 2.21. The third kappa shape index (κ3) is 6.45. The zero-order valence-corrected chi connectivity index (χ0v) is 18.2. The van der Waals surface area contributed by atoms with E-state index in [-0.39, 0.29) is 21.6 Å². The van der Waals surface area contributed by atoms with Crippen LogP contribution in [0.1, 0.15) is 48.9 Å². The summed E-state index contributed by atoms with van der Waals surface area (Å²) in [6.07, 6.45) is 6.70. The largest absolute Gasteiger partial charge is 0.378 e. The fourth-order valence-corrected chi connectivity index (χ4v) is 5.23. The number of anilines is 1. The van der Waals surface area contributed by atoms with Crippen molar-refractivity contribution < 1.29 is 17.9 Å². The quantitative estimate of drug-likeness (QED) is 0.439. The van der Waals surface area contributed by atoms with Gasteiger partial charge < -0.3 is 4.74 Å². The van der Waals surface area contributed by atoms with Gasteiger partial charge in [-0.15, -0.1) is 10.2 Å². The van der Waals surface area contributed by atoms with Crippen LogP contribution in [0.2, 0.25) is 5.02 Å². The summed E-state index contributed by atoms with van der Waals surface area (Å²) < 4.78 is 32.7. The molecule has 8 nitrogen and oxygen atoms in total. The zero-order valence-electron chi connectivity index (χ0n) is 15.8. The molecule has 29 heavy (non-hydrogen) atoms. The first-order chi connectivity index (χ1) is 14.0. The Balaban J connectivity index is 1.46. The van der Waals surface area contributed by atoms with Gasteiger partial charge in [0.2, 0.25) is 9.47 Å². The molecule has 0 bridgehead atoms. The Morgan fingerprint density at radius 2 is 1.97 bits per heavy atom. The second-order valence-electron chi connectivity index (χ2n) is 6.69. The average Bonchev–Trinajstić information content (AvgIpc) is 3.18. The molecular weight excluding hydrogens is 436 g/mol. The lowest BCUT2D eigenvalue weighted by atomic mass is 9.98. The van der Waals surface area contributed by atoms with Gasteiger partial charge in [-0.25, -0.2) is 13.1 Å². The summed E-state index contributed by atoms with van der Waals surface area (Å²) >= 11 is 6.76. The molecule has 1 saturated carbocycles. The van der Waals surface area contributed by atoms with E-state index >= 15 is 0 Å². The second-order valence-corrected chi connectivity index (χ2v) is 10.0. The highest BCUT2D eigenvalue weighted by Crippen LogP contribution is 2.22. The van der Waals surface area contributed by atoms with Gasteiger partial charge in [-0.1, -0.05) is 54.3 Å². The Hall–Kier alpha value is -1.59. The SMILES string of the molecule is O=C(Nc1nnc(S(=O)(=O)NCCCOC2CCCCC2)s1)c1ccccc1Cl. The molecule has 1 fully saturated rings. The highest BCUT2D eigenvalue weighted by atomic mass is 35.5. The molecule has 3 rings (SSSR count). The van der Waals surface area contributed by atoms with Gasteiger partial charge in [-0.05, 0) is 31.4 Å². The van der Waals surface area contributed by atoms with Crippen LogP contribution in [0.15, 0.2) is 28.6 Å². The van der Waals surface area contributed by atoms with Crippen LogP contribution in [0.5, 0.6) is 0 Å². The molecule has 1 aromatic carbocycles. The molecule has 2 aromatic rings. The maximum Gasteiger partial charge on any atom is 0.269 e. The molecule has 0 aliphatic heterocycles. The summed E-state index contributed by atoms with van der Waals surface area (Å²) in [4.78, 5) is 12.2. The molecule has 1 heterocycles. The molecule has 0 radical (unpaired) electrons. The molecule has 11 heteroatoms. The first-order valence-electron chi connectivity index (χ1n) is 9.46. The molecule has 0 spiro atoms. The summed E-state index contributed by atoms with van der Waals surface area (Å²) in [5.74, 6) is -0.483. The lowest BCUT2D eigenvalue weighted by Crippen LogP contribution is -2.26. The number of hydrogen-bond donors (Lipinski definition) is 2. The Morgan fingerprint density at radius 1 is 1.21 bits per heavy atom. The fraction of sp³-hybridized carbons (Fsp3) is 0.500. The van der Waals surface area contributed by atoms with E-state index in [0.29, 0.717) is 24.2 Å². The van der Waals surface area contributed by atoms with Crippen molar-refractivity contribution in [3.8, 4) is 0 Å². The maximum atomic E-state index is 12.3. The number of rotatable bonds is 9. The molecule has 2 N–H and O–H groups in total. The van der Waals surface area contributed by atoms with Crippen molar-refractivity contribution in [3.05, 3.63) is 34.9 Å². The van der Waals surface area contributed by atoms with Crippen molar-refractivity contribution in [1.29, 1.82) is 0 Å². The number of ether oxygens (including phenoxy) is 1. The number of hydrogen-bond acceptors (Lipinski definition) is 7. The van der Waals surface area contributed by atoms with Crippen LogP contribution in [0, 0.1) is 0 Å². The molecular formula is C18H23ClN4O4S2. The van der Waals surface area contributed by atoms with Gasteiger partial charge in [-0.3, -0.25) is 10.1 Å². The van der Waals surface area contributed by atoms with Gasteiger partial charge in [0, 0.05) is 13.2 Å². The van der Waals surface area contributed by atoms with Crippen molar-refractivity contribution in [3.63, 3.8) is 0 Å². The van der Waals surface area contributed by atoms with E-state index in [2.05, 4.69) is 20.2 Å². The Kier molecular flexibility index (Phi) is 7.96. The monoisotopic (exact) mass is 458 g/mol. The van der Waals surface area contributed by atoms with Crippen molar-refractivity contribution in [2.75, 3.05) is 18.5 Å². The van der Waals surface area contributed by atoms with Crippen LogP contribution in [-0.4, -0.2) is 43.8 Å².